The van der Waals surface area contributed by atoms with Gasteiger partial charge in [-0.2, -0.15) is 0 Å². The fraction of sp³-hybridized carbons (Fsp3) is 0.333. The Morgan fingerprint density at radius 3 is 2.65 bits per heavy atom. The first kappa shape index (κ1) is 14.6. The summed E-state index contributed by atoms with van der Waals surface area (Å²) >= 11 is 0. The van der Waals surface area contributed by atoms with Gasteiger partial charge in [-0.1, -0.05) is 0 Å². The standard InChI is InChI=1S/C12H14FN3O3S/c1-8-7-10(3-4-11(8)13)20(17,18)14-6-5-12-16-15-9(2)19-12/h3-4,7,14H,5-6H2,1-2H3. The van der Waals surface area contributed by atoms with E-state index in [1.807, 2.05) is 0 Å². The zero-order valence-corrected chi connectivity index (χ0v) is 11.9. The highest BCUT2D eigenvalue weighted by Crippen LogP contribution is 2.14. The van der Waals surface area contributed by atoms with Crippen molar-refractivity contribution in [1.82, 2.24) is 14.9 Å². The Balaban J connectivity index is 2.02. The van der Waals surface area contributed by atoms with Crippen LogP contribution in [0.3, 0.4) is 0 Å². The van der Waals surface area contributed by atoms with Gasteiger partial charge in [0.1, 0.15) is 5.82 Å². The van der Waals surface area contributed by atoms with Crippen LogP contribution in [0, 0.1) is 19.7 Å². The molecule has 2 rings (SSSR count). The summed E-state index contributed by atoms with van der Waals surface area (Å²) in [5.41, 5.74) is 0.278. The van der Waals surface area contributed by atoms with E-state index < -0.39 is 15.8 Å². The van der Waals surface area contributed by atoms with Crippen molar-refractivity contribution >= 4 is 10.0 Å². The van der Waals surface area contributed by atoms with Gasteiger partial charge in [-0.3, -0.25) is 0 Å². The molecule has 1 aromatic heterocycles. The lowest BCUT2D eigenvalue weighted by atomic mass is 10.2. The number of benzene rings is 1. The second kappa shape index (κ2) is 5.68. The fourth-order valence-corrected chi connectivity index (χ4v) is 2.72. The van der Waals surface area contributed by atoms with E-state index in [1.54, 1.807) is 6.92 Å². The van der Waals surface area contributed by atoms with Crippen LogP contribution in [0.1, 0.15) is 17.3 Å². The molecule has 6 nitrogen and oxygen atoms in total. The van der Waals surface area contributed by atoms with Gasteiger partial charge in [-0.05, 0) is 30.7 Å². The van der Waals surface area contributed by atoms with Crippen LogP contribution >= 0.6 is 0 Å². The Morgan fingerprint density at radius 1 is 1.30 bits per heavy atom. The van der Waals surface area contributed by atoms with Gasteiger partial charge in [0.2, 0.25) is 21.8 Å². The first-order valence-corrected chi connectivity index (χ1v) is 7.41. The quantitative estimate of drug-likeness (QED) is 0.900. The Labute approximate surface area is 116 Å². The van der Waals surface area contributed by atoms with Gasteiger partial charge in [0.15, 0.2) is 0 Å². The van der Waals surface area contributed by atoms with E-state index >= 15 is 0 Å². The second-order valence-corrected chi connectivity index (χ2v) is 6.04. The second-order valence-electron chi connectivity index (χ2n) is 4.27. The molecule has 0 aliphatic carbocycles. The van der Waals surface area contributed by atoms with Crippen LogP contribution in [0.2, 0.25) is 0 Å². The van der Waals surface area contributed by atoms with Gasteiger partial charge in [0.05, 0.1) is 4.90 Å². The number of nitrogens with one attached hydrogen (secondary N) is 1. The zero-order valence-electron chi connectivity index (χ0n) is 11.1. The average Bonchev–Trinajstić information content (AvgIpc) is 2.78. The first-order chi connectivity index (χ1) is 9.38. The monoisotopic (exact) mass is 299 g/mol. The number of nitrogens with zero attached hydrogens (tertiary/aromatic N) is 2. The minimum absolute atomic E-state index is 0.0260. The number of aryl methyl sites for hydroxylation is 2. The maximum absolute atomic E-state index is 13.1. The molecule has 1 aromatic carbocycles. The molecule has 20 heavy (non-hydrogen) atoms. The van der Waals surface area contributed by atoms with Crippen LogP contribution < -0.4 is 4.72 Å². The molecule has 8 heteroatoms. The summed E-state index contributed by atoms with van der Waals surface area (Å²) in [6.45, 7) is 3.29. The van der Waals surface area contributed by atoms with E-state index in [2.05, 4.69) is 14.9 Å². The molecule has 108 valence electrons. The maximum Gasteiger partial charge on any atom is 0.240 e. The van der Waals surface area contributed by atoms with E-state index in [9.17, 15) is 12.8 Å². The molecule has 1 N–H and O–H groups in total. The minimum Gasteiger partial charge on any atom is -0.426 e. The van der Waals surface area contributed by atoms with Gasteiger partial charge < -0.3 is 4.42 Å². The lowest BCUT2D eigenvalue weighted by Gasteiger charge is -2.06. The van der Waals surface area contributed by atoms with Crippen LogP contribution in [0.15, 0.2) is 27.5 Å². The number of halogens is 1. The SMILES string of the molecule is Cc1nnc(CCNS(=O)(=O)c2ccc(F)c(C)c2)o1. The molecule has 0 unspecified atom stereocenters. The molecule has 1 heterocycles. The first-order valence-electron chi connectivity index (χ1n) is 5.93. The van der Waals surface area contributed by atoms with Gasteiger partial charge in [-0.15, -0.1) is 10.2 Å². The van der Waals surface area contributed by atoms with Crippen molar-refractivity contribution in [2.75, 3.05) is 6.54 Å². The number of aromatic nitrogens is 2. The van der Waals surface area contributed by atoms with Crippen molar-refractivity contribution in [3.63, 3.8) is 0 Å². The Bertz CT molecular complexity index is 712. The predicted molar refractivity (Wildman–Crippen MR) is 69.1 cm³/mol. The summed E-state index contributed by atoms with van der Waals surface area (Å²) in [4.78, 5) is 0.0260. The molecule has 0 saturated heterocycles. The highest BCUT2D eigenvalue weighted by Gasteiger charge is 2.15. The molecule has 0 aliphatic heterocycles. The molecule has 0 radical (unpaired) electrons. The van der Waals surface area contributed by atoms with Crippen molar-refractivity contribution in [2.24, 2.45) is 0 Å². The summed E-state index contributed by atoms with van der Waals surface area (Å²) in [6, 6.07) is 3.64. The lowest BCUT2D eigenvalue weighted by molar-refractivity contribution is 0.466. The summed E-state index contributed by atoms with van der Waals surface area (Å²) in [5, 5.41) is 7.41. The lowest BCUT2D eigenvalue weighted by Crippen LogP contribution is -2.26. The molecule has 0 spiro atoms. The molecule has 0 atom stereocenters. The van der Waals surface area contributed by atoms with Crippen molar-refractivity contribution in [3.05, 3.63) is 41.4 Å². The number of rotatable bonds is 5. The molecular formula is C12H14FN3O3S. The van der Waals surface area contributed by atoms with Crippen LogP contribution in [0.25, 0.3) is 0 Å². The van der Waals surface area contributed by atoms with E-state index in [0.29, 0.717) is 18.2 Å². The van der Waals surface area contributed by atoms with Crippen LogP contribution in [0.5, 0.6) is 0 Å². The molecule has 0 amide bonds. The van der Waals surface area contributed by atoms with E-state index in [4.69, 9.17) is 4.42 Å². The Hall–Kier alpha value is -1.80. The molecule has 0 bridgehead atoms. The fourth-order valence-electron chi connectivity index (χ4n) is 1.60. The van der Waals surface area contributed by atoms with E-state index in [-0.39, 0.29) is 17.0 Å². The third-order valence-corrected chi connectivity index (χ3v) is 4.10. The maximum atomic E-state index is 13.1. The smallest absolute Gasteiger partial charge is 0.240 e. The van der Waals surface area contributed by atoms with Crippen molar-refractivity contribution in [2.45, 2.75) is 25.2 Å². The number of sulfonamides is 1. The van der Waals surface area contributed by atoms with Crippen molar-refractivity contribution < 1.29 is 17.2 Å². The third kappa shape index (κ3) is 3.40. The van der Waals surface area contributed by atoms with Gasteiger partial charge in [0.25, 0.3) is 0 Å². The average molecular weight is 299 g/mol. The van der Waals surface area contributed by atoms with E-state index in [1.165, 1.54) is 19.1 Å². The van der Waals surface area contributed by atoms with Crippen molar-refractivity contribution in [3.8, 4) is 0 Å². The molecule has 0 aliphatic rings. The normalized spacial score (nSPS) is 11.8. The van der Waals surface area contributed by atoms with Gasteiger partial charge >= 0.3 is 0 Å². The van der Waals surface area contributed by atoms with Gasteiger partial charge in [-0.25, -0.2) is 17.5 Å². The van der Waals surface area contributed by atoms with E-state index in [0.717, 1.165) is 6.07 Å². The summed E-state index contributed by atoms with van der Waals surface area (Å²) < 4.78 is 44.6. The topological polar surface area (TPSA) is 85.1 Å². The largest absolute Gasteiger partial charge is 0.426 e. The summed E-state index contributed by atoms with van der Waals surface area (Å²) in [6.07, 6.45) is 0.292. The van der Waals surface area contributed by atoms with Crippen LogP contribution in [-0.2, 0) is 16.4 Å². The highest BCUT2D eigenvalue weighted by molar-refractivity contribution is 7.89. The highest BCUT2D eigenvalue weighted by atomic mass is 32.2. The van der Waals surface area contributed by atoms with Crippen LogP contribution in [0.4, 0.5) is 4.39 Å². The number of hydrogen-bond donors (Lipinski definition) is 1. The summed E-state index contributed by atoms with van der Waals surface area (Å²) in [5.74, 6) is 0.350. The molecule has 0 saturated carbocycles. The zero-order chi connectivity index (χ0) is 14.8. The third-order valence-electron chi connectivity index (χ3n) is 2.64. The van der Waals surface area contributed by atoms with Crippen LogP contribution in [-0.4, -0.2) is 25.2 Å². The predicted octanol–water partition coefficient (Wildman–Crippen LogP) is 1.35. The minimum atomic E-state index is -3.67. The Morgan fingerprint density at radius 2 is 2.05 bits per heavy atom. The molecule has 0 fully saturated rings. The molecular weight excluding hydrogens is 285 g/mol. The Kier molecular flexibility index (Phi) is 4.15. The summed E-state index contributed by atoms with van der Waals surface area (Å²) in [7, 11) is -3.67. The van der Waals surface area contributed by atoms with Gasteiger partial charge in [0, 0.05) is 19.9 Å². The number of hydrogen-bond acceptors (Lipinski definition) is 5. The van der Waals surface area contributed by atoms with Crippen molar-refractivity contribution in [1.29, 1.82) is 0 Å². The molecule has 2 aromatic rings.